The highest BCUT2D eigenvalue weighted by Crippen LogP contribution is 2.13. The molecule has 0 aliphatic heterocycles. The molecule has 0 unspecified atom stereocenters. The van der Waals surface area contributed by atoms with Crippen molar-refractivity contribution < 1.29 is 33.6 Å². The third-order valence-electron chi connectivity index (χ3n) is 10.7. The first-order chi connectivity index (χ1) is 27.5. The van der Waals surface area contributed by atoms with E-state index in [9.17, 15) is 14.7 Å². The lowest BCUT2D eigenvalue weighted by Crippen LogP contribution is -2.33. The molecule has 0 aliphatic carbocycles. The van der Waals surface area contributed by atoms with E-state index in [1.54, 1.807) is 0 Å². The number of carbonyl (C=O) groups is 2. The summed E-state index contributed by atoms with van der Waals surface area (Å²) in [4.78, 5) is 29.7. The Morgan fingerprint density at radius 3 is 1.32 bits per heavy atom. The van der Waals surface area contributed by atoms with E-state index >= 15 is 0 Å². The van der Waals surface area contributed by atoms with Crippen molar-refractivity contribution in [3.8, 4) is 0 Å². The van der Waals surface area contributed by atoms with Crippen LogP contribution in [-0.4, -0.2) is 99.0 Å². The molecule has 0 radical (unpaired) electrons. The number of aliphatic hydroxyl groups excluding tert-OH is 1. The third kappa shape index (κ3) is 38.1. The maximum absolute atomic E-state index is 12.9. The number of unbranched alkanes of at least 4 members (excludes halogenated alkanes) is 22. The van der Waals surface area contributed by atoms with E-state index in [-0.39, 0.29) is 25.0 Å². The Balaban J connectivity index is 4.29. The zero-order chi connectivity index (χ0) is 41.0. The van der Waals surface area contributed by atoms with Gasteiger partial charge in [-0.2, -0.15) is 0 Å². The van der Waals surface area contributed by atoms with Gasteiger partial charge in [-0.1, -0.05) is 156 Å². The van der Waals surface area contributed by atoms with Crippen molar-refractivity contribution in [1.29, 1.82) is 0 Å². The molecule has 0 saturated heterocycles. The van der Waals surface area contributed by atoms with E-state index in [1.807, 2.05) is 4.90 Å². The average molecular weight is 799 g/mol. The van der Waals surface area contributed by atoms with Crippen molar-refractivity contribution in [2.45, 2.75) is 227 Å². The summed E-state index contributed by atoms with van der Waals surface area (Å²) in [5.74, 6) is -0.184. The standard InChI is InChI=1S/C47H94N2O7/c1-5-9-13-17-20-27-38-49(37-26-16-12-8-4)47(52)56-44-31-24-21-25-35-48(39-40-50)36-28-32-41-53-45(51)33-34-46(54-42-29-22-18-14-10-6-2)55-43-30-23-19-15-11-7-3/h46,50H,5-44H2,1-4H3. The number of esters is 1. The number of ether oxygens (including phenoxy) is 4. The molecule has 0 aromatic heterocycles. The Hall–Kier alpha value is -1.42. The maximum Gasteiger partial charge on any atom is 0.409 e. The number of hydrogen-bond acceptors (Lipinski definition) is 8. The van der Waals surface area contributed by atoms with Gasteiger partial charge in [0.25, 0.3) is 0 Å². The summed E-state index contributed by atoms with van der Waals surface area (Å²) in [7, 11) is 0. The van der Waals surface area contributed by atoms with E-state index in [4.69, 9.17) is 18.9 Å². The fourth-order valence-electron chi connectivity index (χ4n) is 6.97. The Morgan fingerprint density at radius 2 is 0.821 bits per heavy atom. The minimum atomic E-state index is -0.342. The molecule has 0 aliphatic rings. The highest BCUT2D eigenvalue weighted by Gasteiger charge is 2.15. The van der Waals surface area contributed by atoms with Crippen molar-refractivity contribution in [3.05, 3.63) is 0 Å². The van der Waals surface area contributed by atoms with Crippen LogP contribution in [-0.2, 0) is 23.7 Å². The van der Waals surface area contributed by atoms with Crippen LogP contribution >= 0.6 is 0 Å². The Bertz CT molecular complexity index is 799. The molecule has 9 nitrogen and oxygen atoms in total. The number of aliphatic hydroxyl groups is 1. The summed E-state index contributed by atoms with van der Waals surface area (Å²) in [5.41, 5.74) is 0. The summed E-state index contributed by atoms with van der Waals surface area (Å²) in [6, 6.07) is 0. The van der Waals surface area contributed by atoms with Crippen molar-refractivity contribution in [3.63, 3.8) is 0 Å². The summed E-state index contributed by atoms with van der Waals surface area (Å²) in [5, 5.41) is 9.61. The predicted octanol–water partition coefficient (Wildman–Crippen LogP) is 12.4. The number of hydrogen-bond donors (Lipinski definition) is 1. The number of nitrogens with zero attached hydrogens (tertiary/aromatic N) is 2. The van der Waals surface area contributed by atoms with Gasteiger partial charge < -0.3 is 33.9 Å². The molecular formula is C47H94N2O7. The van der Waals surface area contributed by atoms with Crippen LogP contribution in [0.3, 0.4) is 0 Å². The smallest absolute Gasteiger partial charge is 0.409 e. The van der Waals surface area contributed by atoms with E-state index in [0.717, 1.165) is 90.4 Å². The molecule has 0 saturated carbocycles. The quantitative estimate of drug-likeness (QED) is 0.0369. The number of amides is 1. The first-order valence-electron chi connectivity index (χ1n) is 24.2. The van der Waals surface area contributed by atoms with Crippen LogP contribution in [0.25, 0.3) is 0 Å². The molecule has 0 atom stereocenters. The second-order valence-electron chi connectivity index (χ2n) is 16.1. The van der Waals surface area contributed by atoms with Gasteiger partial charge in [-0.05, 0) is 64.5 Å². The summed E-state index contributed by atoms with van der Waals surface area (Å²) < 4.78 is 23.4. The zero-order valence-corrected chi connectivity index (χ0v) is 37.7. The van der Waals surface area contributed by atoms with Gasteiger partial charge >= 0.3 is 12.1 Å². The van der Waals surface area contributed by atoms with E-state index in [2.05, 4.69) is 32.6 Å². The maximum atomic E-state index is 12.9. The fourth-order valence-corrected chi connectivity index (χ4v) is 6.97. The van der Waals surface area contributed by atoms with Crippen molar-refractivity contribution >= 4 is 12.1 Å². The second kappa shape index (κ2) is 44.7. The van der Waals surface area contributed by atoms with Crippen LogP contribution in [0.2, 0.25) is 0 Å². The van der Waals surface area contributed by atoms with Crippen LogP contribution in [0.15, 0.2) is 0 Å². The molecule has 56 heavy (non-hydrogen) atoms. The van der Waals surface area contributed by atoms with E-state index < -0.39 is 0 Å². The van der Waals surface area contributed by atoms with Gasteiger partial charge in [-0.15, -0.1) is 0 Å². The van der Waals surface area contributed by atoms with Gasteiger partial charge in [0, 0.05) is 39.3 Å². The van der Waals surface area contributed by atoms with Gasteiger partial charge in [-0.3, -0.25) is 4.79 Å². The molecule has 0 aromatic rings. The minimum absolute atomic E-state index is 0.139. The Kier molecular flexibility index (Phi) is 43.5. The topological polar surface area (TPSA) is 97.8 Å². The highest BCUT2D eigenvalue weighted by atomic mass is 16.7. The molecule has 1 N–H and O–H groups in total. The molecule has 1 amide bonds. The van der Waals surface area contributed by atoms with Gasteiger partial charge in [0.15, 0.2) is 6.29 Å². The monoisotopic (exact) mass is 799 g/mol. The number of carbonyl (C=O) groups excluding carboxylic acids is 2. The molecule has 0 spiro atoms. The van der Waals surface area contributed by atoms with Crippen molar-refractivity contribution in [1.82, 2.24) is 9.80 Å². The van der Waals surface area contributed by atoms with Crippen LogP contribution in [0.5, 0.6) is 0 Å². The molecule has 0 fully saturated rings. The second-order valence-corrected chi connectivity index (χ2v) is 16.1. The predicted molar refractivity (Wildman–Crippen MR) is 234 cm³/mol. The van der Waals surface area contributed by atoms with Crippen molar-refractivity contribution in [2.75, 3.05) is 65.8 Å². The minimum Gasteiger partial charge on any atom is -0.466 e. The van der Waals surface area contributed by atoms with Gasteiger partial charge in [0.2, 0.25) is 0 Å². The van der Waals surface area contributed by atoms with Gasteiger partial charge in [0.1, 0.15) is 0 Å². The van der Waals surface area contributed by atoms with E-state index in [1.165, 1.54) is 116 Å². The normalized spacial score (nSPS) is 11.6. The molecule has 9 heteroatoms. The Morgan fingerprint density at radius 1 is 0.446 bits per heavy atom. The largest absolute Gasteiger partial charge is 0.466 e. The number of rotatable bonds is 45. The fraction of sp³-hybridized carbons (Fsp3) is 0.957. The molecule has 0 bridgehead atoms. The molecule has 334 valence electrons. The van der Waals surface area contributed by atoms with Crippen LogP contribution in [0.4, 0.5) is 4.79 Å². The Labute approximate surface area is 347 Å². The third-order valence-corrected chi connectivity index (χ3v) is 10.7. The average Bonchev–Trinajstić information content (AvgIpc) is 3.20. The molecule has 0 heterocycles. The molecular weight excluding hydrogens is 705 g/mol. The zero-order valence-electron chi connectivity index (χ0n) is 37.7. The summed E-state index contributed by atoms with van der Waals surface area (Å²) in [6.45, 7) is 15.4. The van der Waals surface area contributed by atoms with Gasteiger partial charge in [-0.25, -0.2) is 4.79 Å². The molecule has 0 aromatic carbocycles. The lowest BCUT2D eigenvalue weighted by atomic mass is 10.1. The first kappa shape index (κ1) is 54.6. The SMILES string of the molecule is CCCCCCCCOC(CCC(=O)OCCCCN(CCO)CCCCCCOC(=O)N(CCCCCC)CCCCCCCC)OCCCCCCCC. The lowest BCUT2D eigenvalue weighted by Gasteiger charge is -2.22. The van der Waals surface area contributed by atoms with Crippen molar-refractivity contribution in [2.24, 2.45) is 0 Å². The van der Waals surface area contributed by atoms with Crippen LogP contribution in [0.1, 0.15) is 220 Å². The lowest BCUT2D eigenvalue weighted by molar-refractivity contribution is -0.159. The first-order valence-corrected chi connectivity index (χ1v) is 24.2. The van der Waals surface area contributed by atoms with Crippen LogP contribution in [0, 0.1) is 0 Å². The van der Waals surface area contributed by atoms with E-state index in [0.29, 0.717) is 45.8 Å². The molecule has 0 rings (SSSR count). The summed E-state index contributed by atoms with van der Waals surface area (Å²) >= 11 is 0. The van der Waals surface area contributed by atoms with Crippen LogP contribution < -0.4 is 0 Å². The summed E-state index contributed by atoms with van der Waals surface area (Å²) in [6.07, 6.45) is 32.7. The van der Waals surface area contributed by atoms with Gasteiger partial charge in [0.05, 0.1) is 26.2 Å². The highest BCUT2D eigenvalue weighted by molar-refractivity contribution is 5.69.